The molecule has 3 nitrogen and oxygen atoms in total. The maximum atomic E-state index is 12.5. The van der Waals surface area contributed by atoms with Gasteiger partial charge in [0.15, 0.2) is 0 Å². The Morgan fingerprint density at radius 3 is 2.50 bits per heavy atom. The Labute approximate surface area is 109 Å². The summed E-state index contributed by atoms with van der Waals surface area (Å²) in [7, 11) is 0. The number of amides is 1. The average molecular weight is 246 g/mol. The molecule has 1 amide bonds. The van der Waals surface area contributed by atoms with Gasteiger partial charge in [-0.25, -0.2) is 0 Å². The largest absolute Gasteiger partial charge is 0.382 e. The van der Waals surface area contributed by atoms with Crippen LogP contribution in [0, 0.1) is 0 Å². The second-order valence-corrected chi connectivity index (χ2v) is 5.20. The van der Waals surface area contributed by atoms with Crippen LogP contribution in [0.2, 0.25) is 0 Å². The highest BCUT2D eigenvalue weighted by molar-refractivity contribution is 5.99. The number of hydrogen-bond donors (Lipinski definition) is 1. The van der Waals surface area contributed by atoms with E-state index in [-0.39, 0.29) is 5.91 Å². The van der Waals surface area contributed by atoms with Crippen LogP contribution in [0.3, 0.4) is 0 Å². The van der Waals surface area contributed by atoms with Crippen LogP contribution >= 0.6 is 0 Å². The van der Waals surface area contributed by atoms with Crippen molar-refractivity contribution >= 4 is 11.6 Å². The molecule has 0 saturated carbocycles. The molecule has 0 bridgehead atoms. The normalized spacial score (nSPS) is 15.8. The Balaban J connectivity index is 2.18. The minimum absolute atomic E-state index is 0.165. The van der Waals surface area contributed by atoms with E-state index in [1.807, 2.05) is 29.2 Å². The molecule has 1 saturated heterocycles. The first-order chi connectivity index (χ1) is 8.68. The highest BCUT2D eigenvalue weighted by Gasteiger charge is 2.20. The summed E-state index contributed by atoms with van der Waals surface area (Å²) >= 11 is 0. The number of para-hydroxylation sites is 1. The van der Waals surface area contributed by atoms with Crippen molar-refractivity contribution in [3.63, 3.8) is 0 Å². The molecule has 0 aliphatic carbocycles. The van der Waals surface area contributed by atoms with E-state index in [4.69, 9.17) is 0 Å². The number of nitrogens with zero attached hydrogens (tertiary/aromatic N) is 1. The van der Waals surface area contributed by atoms with Gasteiger partial charge in [0.05, 0.1) is 5.56 Å². The summed E-state index contributed by atoms with van der Waals surface area (Å²) in [5.41, 5.74) is 1.75. The zero-order valence-corrected chi connectivity index (χ0v) is 11.3. The summed E-state index contributed by atoms with van der Waals surface area (Å²) in [4.78, 5) is 14.5. The predicted octanol–water partition coefficient (Wildman–Crippen LogP) is 3.13. The lowest BCUT2D eigenvalue weighted by molar-refractivity contribution is 0.0725. The SMILES string of the molecule is CC(C)Nc1ccccc1C(=O)N1CCCCC1. The molecule has 98 valence electrons. The van der Waals surface area contributed by atoms with Crippen molar-refractivity contribution in [2.45, 2.75) is 39.2 Å². The molecule has 1 aromatic carbocycles. The molecule has 1 N–H and O–H groups in total. The van der Waals surface area contributed by atoms with E-state index >= 15 is 0 Å². The number of piperidine rings is 1. The molecule has 0 unspecified atom stereocenters. The first-order valence-corrected chi connectivity index (χ1v) is 6.83. The Morgan fingerprint density at radius 2 is 1.83 bits per heavy atom. The molecule has 2 rings (SSSR count). The van der Waals surface area contributed by atoms with Gasteiger partial charge in [-0.1, -0.05) is 12.1 Å². The zero-order valence-electron chi connectivity index (χ0n) is 11.3. The van der Waals surface area contributed by atoms with Crippen LogP contribution in [-0.2, 0) is 0 Å². The number of hydrogen-bond acceptors (Lipinski definition) is 2. The number of likely N-dealkylation sites (tertiary alicyclic amines) is 1. The first-order valence-electron chi connectivity index (χ1n) is 6.83. The van der Waals surface area contributed by atoms with Gasteiger partial charge in [-0.05, 0) is 45.2 Å². The van der Waals surface area contributed by atoms with Crippen molar-refractivity contribution in [3.8, 4) is 0 Å². The van der Waals surface area contributed by atoms with Gasteiger partial charge in [0.1, 0.15) is 0 Å². The Morgan fingerprint density at radius 1 is 1.17 bits per heavy atom. The van der Waals surface area contributed by atoms with Crippen LogP contribution in [-0.4, -0.2) is 29.9 Å². The smallest absolute Gasteiger partial charge is 0.255 e. The van der Waals surface area contributed by atoms with E-state index in [0.29, 0.717) is 6.04 Å². The van der Waals surface area contributed by atoms with Gasteiger partial charge in [0.2, 0.25) is 0 Å². The van der Waals surface area contributed by atoms with Crippen LogP contribution in [0.25, 0.3) is 0 Å². The summed E-state index contributed by atoms with van der Waals surface area (Å²) in [6.45, 7) is 5.97. The second-order valence-electron chi connectivity index (χ2n) is 5.20. The number of rotatable bonds is 3. The van der Waals surface area contributed by atoms with E-state index in [1.54, 1.807) is 0 Å². The predicted molar refractivity (Wildman–Crippen MR) is 75.0 cm³/mol. The fourth-order valence-corrected chi connectivity index (χ4v) is 2.37. The summed E-state index contributed by atoms with van der Waals surface area (Å²) in [6, 6.07) is 8.14. The van der Waals surface area contributed by atoms with Crippen molar-refractivity contribution in [2.75, 3.05) is 18.4 Å². The zero-order chi connectivity index (χ0) is 13.0. The summed E-state index contributed by atoms with van der Waals surface area (Å²) in [6.07, 6.45) is 3.51. The molecular formula is C15H22N2O. The minimum Gasteiger partial charge on any atom is -0.382 e. The molecule has 0 radical (unpaired) electrons. The first kappa shape index (κ1) is 12.9. The third-order valence-electron chi connectivity index (χ3n) is 3.24. The lowest BCUT2D eigenvalue weighted by Crippen LogP contribution is -2.36. The molecule has 3 heteroatoms. The van der Waals surface area contributed by atoms with Gasteiger partial charge in [-0.15, -0.1) is 0 Å². The molecule has 0 aromatic heterocycles. The van der Waals surface area contributed by atoms with Crippen molar-refractivity contribution < 1.29 is 4.79 Å². The molecule has 1 aliphatic rings. The van der Waals surface area contributed by atoms with E-state index in [1.165, 1.54) is 6.42 Å². The topological polar surface area (TPSA) is 32.3 Å². The Kier molecular flexibility index (Phi) is 4.24. The van der Waals surface area contributed by atoms with Gasteiger partial charge in [0.25, 0.3) is 5.91 Å². The van der Waals surface area contributed by atoms with E-state index in [9.17, 15) is 4.79 Å². The van der Waals surface area contributed by atoms with Gasteiger partial charge >= 0.3 is 0 Å². The molecule has 0 spiro atoms. The lowest BCUT2D eigenvalue weighted by atomic mass is 10.1. The van der Waals surface area contributed by atoms with E-state index < -0.39 is 0 Å². The van der Waals surface area contributed by atoms with Crippen LogP contribution < -0.4 is 5.32 Å². The maximum absolute atomic E-state index is 12.5. The molecule has 1 aromatic rings. The average Bonchev–Trinajstić information content (AvgIpc) is 2.39. The number of nitrogens with one attached hydrogen (secondary N) is 1. The van der Waals surface area contributed by atoms with Gasteiger partial charge in [-0.2, -0.15) is 0 Å². The third kappa shape index (κ3) is 3.03. The van der Waals surface area contributed by atoms with E-state index in [2.05, 4.69) is 19.2 Å². The van der Waals surface area contributed by atoms with Crippen LogP contribution in [0.15, 0.2) is 24.3 Å². The highest BCUT2D eigenvalue weighted by Crippen LogP contribution is 2.20. The number of benzene rings is 1. The number of carbonyl (C=O) groups is 1. The van der Waals surface area contributed by atoms with Crippen molar-refractivity contribution in [3.05, 3.63) is 29.8 Å². The molecule has 18 heavy (non-hydrogen) atoms. The Bertz CT molecular complexity index is 409. The molecule has 1 aliphatic heterocycles. The van der Waals surface area contributed by atoms with Gasteiger partial charge in [-0.3, -0.25) is 4.79 Å². The highest BCUT2D eigenvalue weighted by atomic mass is 16.2. The summed E-state index contributed by atoms with van der Waals surface area (Å²) < 4.78 is 0. The van der Waals surface area contributed by atoms with Crippen molar-refractivity contribution in [2.24, 2.45) is 0 Å². The molecule has 0 atom stereocenters. The van der Waals surface area contributed by atoms with Crippen LogP contribution in [0.5, 0.6) is 0 Å². The molecule has 1 fully saturated rings. The summed E-state index contributed by atoms with van der Waals surface area (Å²) in [5.74, 6) is 0.165. The standard InChI is InChI=1S/C15H22N2O/c1-12(2)16-14-9-5-4-8-13(14)15(18)17-10-6-3-7-11-17/h4-5,8-9,12,16H,3,6-7,10-11H2,1-2H3. The number of anilines is 1. The van der Waals surface area contributed by atoms with Crippen LogP contribution in [0.1, 0.15) is 43.5 Å². The fourth-order valence-electron chi connectivity index (χ4n) is 2.37. The van der Waals surface area contributed by atoms with E-state index in [0.717, 1.165) is 37.2 Å². The van der Waals surface area contributed by atoms with Gasteiger partial charge in [0, 0.05) is 24.8 Å². The van der Waals surface area contributed by atoms with Crippen molar-refractivity contribution in [1.82, 2.24) is 4.90 Å². The summed E-state index contributed by atoms with van der Waals surface area (Å²) in [5, 5.41) is 3.35. The maximum Gasteiger partial charge on any atom is 0.255 e. The quantitative estimate of drug-likeness (QED) is 0.888. The van der Waals surface area contributed by atoms with Gasteiger partial charge < -0.3 is 10.2 Å². The monoisotopic (exact) mass is 246 g/mol. The minimum atomic E-state index is 0.165. The van der Waals surface area contributed by atoms with Crippen molar-refractivity contribution in [1.29, 1.82) is 0 Å². The Hall–Kier alpha value is -1.51. The molecule has 1 heterocycles. The lowest BCUT2D eigenvalue weighted by Gasteiger charge is -2.27. The third-order valence-corrected chi connectivity index (χ3v) is 3.24. The fraction of sp³-hybridized carbons (Fsp3) is 0.533. The number of carbonyl (C=O) groups excluding carboxylic acids is 1. The second kappa shape index (κ2) is 5.89. The van der Waals surface area contributed by atoms with Crippen LogP contribution in [0.4, 0.5) is 5.69 Å². The molecular weight excluding hydrogens is 224 g/mol.